The fourth-order valence-corrected chi connectivity index (χ4v) is 4.69. The zero-order valence-corrected chi connectivity index (χ0v) is 21.9. The van der Waals surface area contributed by atoms with Crippen molar-refractivity contribution in [2.75, 3.05) is 45.6 Å². The maximum Gasteiger partial charge on any atom is 0.175 e. The third kappa shape index (κ3) is 9.42. The maximum atomic E-state index is 11.5. The Morgan fingerprint density at radius 2 is 1.57 bits per heavy atom. The number of piperidine rings is 1. The summed E-state index contributed by atoms with van der Waals surface area (Å²) in [4.78, 5) is 2.42. The van der Waals surface area contributed by atoms with E-state index in [-0.39, 0.29) is 24.2 Å². The van der Waals surface area contributed by atoms with Gasteiger partial charge in [0.05, 0.1) is 14.9 Å². The summed E-state index contributed by atoms with van der Waals surface area (Å²) >= 11 is 11.9. The Labute approximate surface area is 216 Å². The zero-order chi connectivity index (χ0) is 25.4. The van der Waals surface area contributed by atoms with E-state index in [0.717, 1.165) is 32.2 Å². The van der Waals surface area contributed by atoms with Crippen LogP contribution < -0.4 is 14.8 Å². The minimum Gasteiger partial charge on any atom is -0.491 e. The van der Waals surface area contributed by atoms with Crippen LogP contribution in [0.3, 0.4) is 0 Å². The summed E-state index contributed by atoms with van der Waals surface area (Å²) in [5, 5.41) is 24.8. The van der Waals surface area contributed by atoms with Crippen LogP contribution in [0, 0.1) is 0 Å². The maximum absolute atomic E-state index is 11.5. The third-order valence-corrected chi connectivity index (χ3v) is 7.59. The summed E-state index contributed by atoms with van der Waals surface area (Å²) in [5.74, 6) is 1.07. The fraction of sp³-hybridized carbons (Fsp3) is 0.500. The van der Waals surface area contributed by atoms with Gasteiger partial charge in [0.25, 0.3) is 0 Å². The van der Waals surface area contributed by atoms with Gasteiger partial charge in [0.1, 0.15) is 36.9 Å². The molecule has 3 N–H and O–H groups in total. The average molecular weight is 548 g/mol. The van der Waals surface area contributed by atoms with E-state index < -0.39 is 22.0 Å². The molecular weight excluding hydrogens is 515 g/mol. The lowest BCUT2D eigenvalue weighted by molar-refractivity contribution is 0.0556. The second-order valence-electron chi connectivity index (χ2n) is 8.73. The molecule has 194 valence electrons. The van der Waals surface area contributed by atoms with E-state index in [2.05, 4.69) is 10.2 Å². The summed E-state index contributed by atoms with van der Waals surface area (Å²) < 4.78 is 34.2. The molecule has 11 heteroatoms. The summed E-state index contributed by atoms with van der Waals surface area (Å²) in [5.41, 5.74) is 0. The van der Waals surface area contributed by atoms with Crippen LogP contribution in [0.5, 0.6) is 11.5 Å². The quantitative estimate of drug-likeness (QED) is 0.372. The van der Waals surface area contributed by atoms with Crippen molar-refractivity contribution in [3.05, 3.63) is 52.5 Å². The number of halogens is 2. The summed E-state index contributed by atoms with van der Waals surface area (Å²) in [6, 6.07) is 11.4. The molecule has 2 aromatic rings. The largest absolute Gasteiger partial charge is 0.491 e. The molecule has 0 unspecified atom stereocenters. The number of nitrogens with zero attached hydrogens (tertiary/aromatic N) is 1. The Hall–Kier alpha value is -1.59. The first-order chi connectivity index (χ1) is 16.6. The van der Waals surface area contributed by atoms with E-state index in [1.807, 2.05) is 0 Å². The molecule has 0 bridgehead atoms. The molecule has 1 aliphatic rings. The number of β-amino-alcohol motifs (C(OH)–C–C–N with tert-alkyl or cyclic N) is 1. The minimum absolute atomic E-state index is 0.106. The van der Waals surface area contributed by atoms with Gasteiger partial charge in [0.2, 0.25) is 0 Å². The Balaban J connectivity index is 1.29. The first-order valence-electron chi connectivity index (χ1n) is 11.4. The van der Waals surface area contributed by atoms with Crippen LogP contribution in [0.2, 0.25) is 10.0 Å². The Morgan fingerprint density at radius 3 is 2.20 bits per heavy atom. The second kappa shape index (κ2) is 13.1. The van der Waals surface area contributed by atoms with Crippen LogP contribution in [0.25, 0.3) is 0 Å². The van der Waals surface area contributed by atoms with Crippen molar-refractivity contribution in [2.45, 2.75) is 36.0 Å². The molecule has 0 spiro atoms. The number of nitrogens with one attached hydrogen (secondary N) is 1. The molecule has 35 heavy (non-hydrogen) atoms. The highest BCUT2D eigenvalue weighted by Gasteiger charge is 2.22. The molecule has 0 aliphatic carbocycles. The van der Waals surface area contributed by atoms with Crippen LogP contribution in [-0.2, 0) is 9.84 Å². The van der Waals surface area contributed by atoms with Crippen molar-refractivity contribution in [1.29, 1.82) is 0 Å². The number of rotatable bonds is 12. The van der Waals surface area contributed by atoms with Gasteiger partial charge in [-0.1, -0.05) is 23.2 Å². The predicted molar refractivity (Wildman–Crippen MR) is 136 cm³/mol. The molecule has 1 aliphatic heterocycles. The normalized spacial score (nSPS) is 17.2. The highest BCUT2D eigenvalue weighted by atomic mass is 35.5. The number of ether oxygens (including phenoxy) is 2. The first-order valence-corrected chi connectivity index (χ1v) is 14.1. The van der Waals surface area contributed by atoms with Crippen LogP contribution in [-0.4, -0.2) is 87.4 Å². The Kier molecular flexibility index (Phi) is 10.5. The minimum atomic E-state index is -3.25. The molecule has 3 rings (SSSR count). The van der Waals surface area contributed by atoms with E-state index in [1.165, 1.54) is 12.1 Å². The lowest BCUT2D eigenvalue weighted by Crippen LogP contribution is -2.47. The molecule has 0 radical (unpaired) electrons. The van der Waals surface area contributed by atoms with Crippen molar-refractivity contribution in [2.24, 2.45) is 0 Å². The monoisotopic (exact) mass is 546 g/mol. The lowest BCUT2D eigenvalue weighted by Gasteiger charge is -2.33. The van der Waals surface area contributed by atoms with Gasteiger partial charge in [-0.05, 0) is 62.3 Å². The SMILES string of the molecule is CS(=O)(=O)c1ccc(OC[C@H](O)CNC2CCN(C[C@H](O)COc3ccc(Cl)c(Cl)c3)CC2)cc1. The molecule has 1 fully saturated rings. The van der Waals surface area contributed by atoms with Crippen molar-refractivity contribution in [1.82, 2.24) is 10.2 Å². The van der Waals surface area contributed by atoms with E-state index in [9.17, 15) is 18.6 Å². The van der Waals surface area contributed by atoms with E-state index in [0.29, 0.717) is 34.6 Å². The van der Waals surface area contributed by atoms with Gasteiger partial charge in [-0.2, -0.15) is 0 Å². The summed E-state index contributed by atoms with van der Waals surface area (Å²) in [6.07, 6.45) is 1.64. The highest BCUT2D eigenvalue weighted by molar-refractivity contribution is 7.90. The fourth-order valence-electron chi connectivity index (χ4n) is 3.77. The number of sulfone groups is 1. The van der Waals surface area contributed by atoms with Gasteiger partial charge in [-0.15, -0.1) is 0 Å². The van der Waals surface area contributed by atoms with Gasteiger partial charge >= 0.3 is 0 Å². The van der Waals surface area contributed by atoms with Gasteiger partial charge < -0.3 is 29.9 Å². The van der Waals surface area contributed by atoms with Crippen LogP contribution >= 0.6 is 23.2 Å². The molecule has 1 heterocycles. The van der Waals surface area contributed by atoms with Gasteiger partial charge in [0.15, 0.2) is 9.84 Å². The number of hydrogen-bond acceptors (Lipinski definition) is 8. The van der Waals surface area contributed by atoms with E-state index >= 15 is 0 Å². The van der Waals surface area contributed by atoms with E-state index in [4.69, 9.17) is 32.7 Å². The molecular formula is C24H32Cl2N2O6S. The molecule has 1 saturated heterocycles. The van der Waals surface area contributed by atoms with Gasteiger partial charge in [-0.25, -0.2) is 8.42 Å². The summed E-state index contributed by atoms with van der Waals surface area (Å²) in [7, 11) is -3.25. The zero-order valence-electron chi connectivity index (χ0n) is 19.6. The van der Waals surface area contributed by atoms with Crippen molar-refractivity contribution >= 4 is 33.0 Å². The van der Waals surface area contributed by atoms with Gasteiger partial charge in [0, 0.05) is 31.5 Å². The van der Waals surface area contributed by atoms with Crippen molar-refractivity contribution < 1.29 is 28.1 Å². The molecule has 8 nitrogen and oxygen atoms in total. The number of likely N-dealkylation sites (tertiary alicyclic amines) is 1. The van der Waals surface area contributed by atoms with Crippen LogP contribution in [0.4, 0.5) is 0 Å². The van der Waals surface area contributed by atoms with Gasteiger partial charge in [-0.3, -0.25) is 0 Å². The van der Waals surface area contributed by atoms with Crippen molar-refractivity contribution in [3.8, 4) is 11.5 Å². The smallest absolute Gasteiger partial charge is 0.175 e. The average Bonchev–Trinajstić information content (AvgIpc) is 2.83. The van der Waals surface area contributed by atoms with Crippen LogP contribution in [0.1, 0.15) is 12.8 Å². The first kappa shape index (κ1) is 28.0. The predicted octanol–water partition coefficient (Wildman–Crippen LogP) is 2.63. The number of aliphatic hydroxyl groups excluding tert-OH is 2. The second-order valence-corrected chi connectivity index (χ2v) is 11.6. The molecule has 0 aromatic heterocycles. The third-order valence-electron chi connectivity index (χ3n) is 5.73. The Morgan fingerprint density at radius 1 is 0.971 bits per heavy atom. The molecule has 2 aromatic carbocycles. The van der Waals surface area contributed by atoms with Crippen molar-refractivity contribution in [3.63, 3.8) is 0 Å². The number of hydrogen-bond donors (Lipinski definition) is 3. The molecule has 0 amide bonds. The lowest BCUT2D eigenvalue weighted by atomic mass is 10.0. The number of aliphatic hydroxyl groups is 2. The van der Waals surface area contributed by atoms with E-state index in [1.54, 1.807) is 30.3 Å². The Bertz CT molecular complexity index is 1050. The molecule has 0 saturated carbocycles. The summed E-state index contributed by atoms with van der Waals surface area (Å²) in [6.45, 7) is 2.85. The number of benzene rings is 2. The molecule has 2 atom stereocenters. The standard InChI is InChI=1S/C24H32Cl2N2O6S/c1-35(31,32)22-5-2-20(3-6-22)33-15-18(29)13-27-17-8-10-28(11-9-17)14-19(30)16-34-21-4-7-23(25)24(26)12-21/h2-7,12,17-19,27,29-30H,8-11,13-16H2,1H3/t18-,19+/m1/s1. The van der Waals surface area contributed by atoms with Crippen LogP contribution in [0.15, 0.2) is 47.4 Å². The topological polar surface area (TPSA) is 108 Å². The highest BCUT2D eigenvalue weighted by Crippen LogP contribution is 2.26.